The second kappa shape index (κ2) is 7.36. The second-order valence-electron chi connectivity index (χ2n) is 4.95. The predicted octanol–water partition coefficient (Wildman–Crippen LogP) is 0.896. The van der Waals surface area contributed by atoms with Gasteiger partial charge in [-0.25, -0.2) is 0 Å². The van der Waals surface area contributed by atoms with Gasteiger partial charge in [0.15, 0.2) is 0 Å². The Hall–Kier alpha value is -1.46. The molecule has 1 N–H and O–H groups in total. The van der Waals surface area contributed by atoms with Crippen LogP contribution < -0.4 is 5.32 Å². The molecule has 0 aliphatic carbocycles. The molecular formula is C15H24N4O. The maximum atomic E-state index is 12.9. The summed E-state index contributed by atoms with van der Waals surface area (Å²) >= 11 is 0. The Labute approximate surface area is 121 Å². The van der Waals surface area contributed by atoms with E-state index in [-0.39, 0.29) is 11.9 Å². The van der Waals surface area contributed by atoms with Crippen LogP contribution in [0.4, 0.5) is 0 Å². The van der Waals surface area contributed by atoms with Gasteiger partial charge < -0.3 is 10.2 Å². The lowest BCUT2D eigenvalue weighted by Crippen LogP contribution is -2.51. The first kappa shape index (κ1) is 14.9. The van der Waals surface area contributed by atoms with Gasteiger partial charge in [-0.1, -0.05) is 19.9 Å². The fourth-order valence-electron chi connectivity index (χ4n) is 2.65. The van der Waals surface area contributed by atoms with Gasteiger partial charge in [-0.15, -0.1) is 0 Å². The smallest absolute Gasteiger partial charge is 0.246 e. The molecule has 1 fully saturated rings. The van der Waals surface area contributed by atoms with Crippen molar-refractivity contribution in [3.05, 3.63) is 30.1 Å². The van der Waals surface area contributed by atoms with Crippen LogP contribution in [0.1, 0.15) is 25.6 Å². The van der Waals surface area contributed by atoms with Gasteiger partial charge in [-0.3, -0.25) is 14.7 Å². The molecule has 1 aliphatic rings. The van der Waals surface area contributed by atoms with Gasteiger partial charge in [0.1, 0.15) is 6.04 Å². The molecule has 1 aromatic heterocycles. The highest BCUT2D eigenvalue weighted by Gasteiger charge is 2.31. The van der Waals surface area contributed by atoms with Crippen molar-refractivity contribution in [1.29, 1.82) is 0 Å². The first-order valence-corrected chi connectivity index (χ1v) is 7.42. The number of hydrogen-bond acceptors (Lipinski definition) is 4. The van der Waals surface area contributed by atoms with E-state index in [1.54, 1.807) is 6.20 Å². The lowest BCUT2D eigenvalue weighted by atomic mass is 10.1. The summed E-state index contributed by atoms with van der Waals surface area (Å²) in [5.74, 6) is 0.175. The van der Waals surface area contributed by atoms with Crippen LogP contribution in [0, 0.1) is 0 Å². The Balaban J connectivity index is 2.23. The number of rotatable bonds is 5. The summed E-state index contributed by atoms with van der Waals surface area (Å²) in [6.45, 7) is 9.17. The molecule has 1 atom stereocenters. The van der Waals surface area contributed by atoms with E-state index < -0.39 is 0 Å². The van der Waals surface area contributed by atoms with Crippen LogP contribution in [0.15, 0.2) is 24.4 Å². The van der Waals surface area contributed by atoms with Crippen molar-refractivity contribution in [1.82, 2.24) is 20.1 Å². The Kier molecular flexibility index (Phi) is 5.49. The van der Waals surface area contributed by atoms with Crippen molar-refractivity contribution >= 4 is 5.91 Å². The van der Waals surface area contributed by atoms with E-state index in [4.69, 9.17) is 0 Å². The molecule has 5 heteroatoms. The highest BCUT2D eigenvalue weighted by Crippen LogP contribution is 2.21. The molecule has 0 saturated carbocycles. The van der Waals surface area contributed by atoms with E-state index in [0.717, 1.165) is 45.0 Å². The van der Waals surface area contributed by atoms with E-state index in [0.29, 0.717) is 0 Å². The van der Waals surface area contributed by atoms with Crippen molar-refractivity contribution < 1.29 is 4.79 Å². The number of likely N-dealkylation sites (N-methyl/N-ethyl adjacent to an activating group) is 1. The average molecular weight is 276 g/mol. The van der Waals surface area contributed by atoms with Crippen LogP contribution in [-0.4, -0.2) is 60.0 Å². The number of piperazine rings is 1. The summed E-state index contributed by atoms with van der Waals surface area (Å²) < 4.78 is 0. The van der Waals surface area contributed by atoms with Crippen LogP contribution in [0.5, 0.6) is 0 Å². The number of carbonyl (C=O) groups is 1. The summed E-state index contributed by atoms with van der Waals surface area (Å²) in [5.41, 5.74) is 0.847. The maximum Gasteiger partial charge on any atom is 0.246 e. The summed E-state index contributed by atoms with van der Waals surface area (Å²) in [4.78, 5) is 21.4. The minimum atomic E-state index is -0.260. The molecule has 0 bridgehead atoms. The standard InChI is InChI=1S/C15H24N4O/c1-3-18(4-2)14(13-7-5-6-8-17-13)15(20)19-11-9-16-10-12-19/h5-8,14,16H,3-4,9-12H2,1-2H3. The first-order chi connectivity index (χ1) is 9.77. The first-order valence-electron chi connectivity index (χ1n) is 7.42. The Morgan fingerprint density at radius 3 is 2.60 bits per heavy atom. The van der Waals surface area contributed by atoms with Gasteiger partial charge >= 0.3 is 0 Å². The summed E-state index contributed by atoms with van der Waals surface area (Å²) in [6, 6.07) is 5.52. The van der Waals surface area contributed by atoms with Crippen molar-refractivity contribution in [3.8, 4) is 0 Å². The Morgan fingerprint density at radius 1 is 1.35 bits per heavy atom. The normalized spacial score (nSPS) is 17.2. The zero-order valence-electron chi connectivity index (χ0n) is 12.4. The quantitative estimate of drug-likeness (QED) is 0.868. The molecule has 1 saturated heterocycles. The van der Waals surface area contributed by atoms with Gasteiger partial charge in [0.05, 0.1) is 5.69 Å². The monoisotopic (exact) mass is 276 g/mol. The van der Waals surface area contributed by atoms with Crippen LogP contribution in [0.25, 0.3) is 0 Å². The van der Waals surface area contributed by atoms with Gasteiger partial charge in [0.2, 0.25) is 5.91 Å². The summed E-state index contributed by atoms with van der Waals surface area (Å²) in [6.07, 6.45) is 1.76. The molecule has 1 aromatic rings. The van der Waals surface area contributed by atoms with Crippen LogP contribution in [-0.2, 0) is 4.79 Å². The lowest BCUT2D eigenvalue weighted by molar-refractivity contribution is -0.138. The minimum absolute atomic E-state index is 0.175. The molecular weight excluding hydrogens is 252 g/mol. The average Bonchev–Trinajstić information content (AvgIpc) is 2.53. The van der Waals surface area contributed by atoms with E-state index in [9.17, 15) is 4.79 Å². The van der Waals surface area contributed by atoms with Crippen molar-refractivity contribution in [2.75, 3.05) is 39.3 Å². The zero-order chi connectivity index (χ0) is 14.4. The van der Waals surface area contributed by atoms with Crippen molar-refractivity contribution in [2.24, 2.45) is 0 Å². The molecule has 1 unspecified atom stereocenters. The largest absolute Gasteiger partial charge is 0.338 e. The molecule has 2 heterocycles. The topological polar surface area (TPSA) is 48.5 Å². The van der Waals surface area contributed by atoms with Crippen LogP contribution in [0.3, 0.4) is 0 Å². The molecule has 1 aliphatic heterocycles. The van der Waals surface area contributed by atoms with E-state index >= 15 is 0 Å². The Bertz CT molecular complexity index is 413. The SMILES string of the molecule is CCN(CC)C(C(=O)N1CCNCC1)c1ccccn1. The van der Waals surface area contributed by atoms with Gasteiger partial charge in [0.25, 0.3) is 0 Å². The van der Waals surface area contributed by atoms with Crippen molar-refractivity contribution in [3.63, 3.8) is 0 Å². The van der Waals surface area contributed by atoms with Gasteiger partial charge in [-0.05, 0) is 25.2 Å². The predicted molar refractivity (Wildman–Crippen MR) is 79.3 cm³/mol. The second-order valence-corrected chi connectivity index (χ2v) is 4.95. The Morgan fingerprint density at radius 2 is 2.05 bits per heavy atom. The highest BCUT2D eigenvalue weighted by atomic mass is 16.2. The molecule has 5 nitrogen and oxygen atoms in total. The molecule has 110 valence electrons. The number of carbonyl (C=O) groups excluding carboxylic acids is 1. The van der Waals surface area contributed by atoms with Crippen molar-refractivity contribution in [2.45, 2.75) is 19.9 Å². The number of hydrogen-bond donors (Lipinski definition) is 1. The maximum absolute atomic E-state index is 12.9. The summed E-state index contributed by atoms with van der Waals surface area (Å²) in [7, 11) is 0. The molecule has 0 aromatic carbocycles. The highest BCUT2D eigenvalue weighted by molar-refractivity contribution is 5.83. The molecule has 20 heavy (non-hydrogen) atoms. The number of nitrogens with one attached hydrogen (secondary N) is 1. The number of nitrogens with zero attached hydrogens (tertiary/aromatic N) is 3. The number of amides is 1. The molecule has 2 rings (SSSR count). The zero-order valence-corrected chi connectivity index (χ0v) is 12.4. The molecule has 0 spiro atoms. The third-order valence-corrected chi connectivity index (χ3v) is 3.81. The van der Waals surface area contributed by atoms with E-state index in [2.05, 4.69) is 29.0 Å². The minimum Gasteiger partial charge on any atom is -0.338 e. The number of aromatic nitrogens is 1. The fraction of sp³-hybridized carbons (Fsp3) is 0.600. The fourth-order valence-corrected chi connectivity index (χ4v) is 2.65. The number of pyridine rings is 1. The molecule has 1 amide bonds. The third-order valence-electron chi connectivity index (χ3n) is 3.81. The van der Waals surface area contributed by atoms with E-state index in [1.807, 2.05) is 23.1 Å². The van der Waals surface area contributed by atoms with Gasteiger partial charge in [-0.2, -0.15) is 0 Å². The van der Waals surface area contributed by atoms with E-state index in [1.165, 1.54) is 0 Å². The van der Waals surface area contributed by atoms with Crippen LogP contribution >= 0.6 is 0 Å². The van der Waals surface area contributed by atoms with Gasteiger partial charge in [0, 0.05) is 32.4 Å². The third kappa shape index (κ3) is 3.35. The summed E-state index contributed by atoms with van der Waals surface area (Å²) in [5, 5.41) is 3.28. The lowest BCUT2D eigenvalue weighted by Gasteiger charge is -2.35. The molecule has 0 radical (unpaired) electrons. The van der Waals surface area contributed by atoms with Crippen LogP contribution in [0.2, 0.25) is 0 Å².